The average Bonchev–Trinajstić information content (AvgIpc) is 2.56. The van der Waals surface area contributed by atoms with Crippen LogP contribution in [0.3, 0.4) is 0 Å². The van der Waals surface area contributed by atoms with Gasteiger partial charge >= 0.3 is 0 Å². The molecule has 0 unspecified atom stereocenters. The smallest absolute Gasteiger partial charge is 0.0579 e. The van der Waals surface area contributed by atoms with Crippen molar-refractivity contribution < 1.29 is 0 Å². The second-order valence-corrected chi connectivity index (χ2v) is 5.00. The van der Waals surface area contributed by atoms with Gasteiger partial charge in [0.05, 0.1) is 6.04 Å². The number of hydrogen-bond donors (Lipinski definition) is 1. The van der Waals surface area contributed by atoms with E-state index in [1.54, 1.807) is 0 Å². The van der Waals surface area contributed by atoms with Crippen LogP contribution in [0.15, 0.2) is 84.5 Å². The van der Waals surface area contributed by atoms with E-state index >= 15 is 0 Å². The first-order valence-corrected chi connectivity index (χ1v) is 7.46. The summed E-state index contributed by atoms with van der Waals surface area (Å²) >= 11 is 0. The third-order valence-electron chi connectivity index (χ3n) is 3.53. The van der Waals surface area contributed by atoms with Crippen molar-refractivity contribution >= 4 is 0 Å². The summed E-state index contributed by atoms with van der Waals surface area (Å²) in [6.45, 7) is 4.99. The molecule has 0 amide bonds. The van der Waals surface area contributed by atoms with E-state index in [1.807, 2.05) is 0 Å². The van der Waals surface area contributed by atoms with Crippen molar-refractivity contribution in [2.75, 3.05) is 6.54 Å². The van der Waals surface area contributed by atoms with Crippen LogP contribution in [-0.2, 0) is 0 Å². The number of nitrogens with one attached hydrogen (secondary N) is 1. The first-order valence-electron chi connectivity index (χ1n) is 7.46. The molecule has 0 aliphatic rings. The molecular weight excluding hydrogens is 254 g/mol. The van der Waals surface area contributed by atoms with E-state index in [0.29, 0.717) is 0 Å². The van der Waals surface area contributed by atoms with Crippen LogP contribution in [0.25, 0.3) is 0 Å². The highest BCUT2D eigenvalue weighted by Crippen LogP contribution is 2.21. The lowest BCUT2D eigenvalue weighted by molar-refractivity contribution is 0.644. The molecule has 0 spiro atoms. The minimum Gasteiger partial charge on any atom is -0.302 e. The Bertz CT molecular complexity index is 542. The van der Waals surface area contributed by atoms with Gasteiger partial charge in [-0.05, 0) is 30.5 Å². The van der Waals surface area contributed by atoms with E-state index < -0.39 is 0 Å². The molecule has 0 fully saturated rings. The van der Waals surface area contributed by atoms with E-state index in [-0.39, 0.29) is 6.04 Å². The van der Waals surface area contributed by atoms with Gasteiger partial charge in [-0.3, -0.25) is 0 Å². The predicted molar refractivity (Wildman–Crippen MR) is 91.3 cm³/mol. The molecule has 0 radical (unpaired) electrons. The molecule has 1 nitrogen and oxygen atoms in total. The molecule has 2 aromatic carbocycles. The molecule has 2 rings (SSSR count). The van der Waals surface area contributed by atoms with Crippen LogP contribution >= 0.6 is 0 Å². The fourth-order valence-corrected chi connectivity index (χ4v) is 2.41. The highest BCUT2D eigenvalue weighted by Gasteiger charge is 2.12. The van der Waals surface area contributed by atoms with E-state index in [1.165, 1.54) is 16.7 Å². The molecule has 0 heterocycles. The Hall–Kier alpha value is -2.12. The van der Waals surface area contributed by atoms with Crippen molar-refractivity contribution in [1.82, 2.24) is 5.32 Å². The summed E-state index contributed by atoms with van der Waals surface area (Å²) in [4.78, 5) is 0. The molecule has 2 aromatic rings. The predicted octanol–water partition coefficient (Wildman–Crippen LogP) is 4.89. The fourth-order valence-electron chi connectivity index (χ4n) is 2.41. The molecule has 0 saturated carbocycles. The summed E-state index contributed by atoms with van der Waals surface area (Å²) in [7, 11) is 0. The third-order valence-corrected chi connectivity index (χ3v) is 3.53. The van der Waals surface area contributed by atoms with Crippen LogP contribution in [0.5, 0.6) is 0 Å². The molecule has 108 valence electrons. The minimum absolute atomic E-state index is 0.215. The maximum atomic E-state index is 3.67. The van der Waals surface area contributed by atoms with Gasteiger partial charge in [0.2, 0.25) is 0 Å². The van der Waals surface area contributed by atoms with Gasteiger partial charge in [-0.1, -0.05) is 78.9 Å². The van der Waals surface area contributed by atoms with Crippen LogP contribution < -0.4 is 5.32 Å². The molecule has 0 atom stereocenters. The van der Waals surface area contributed by atoms with Crippen molar-refractivity contribution in [3.63, 3.8) is 0 Å². The van der Waals surface area contributed by atoms with Crippen LogP contribution in [0.1, 0.15) is 31.0 Å². The lowest BCUT2D eigenvalue weighted by Gasteiger charge is -2.20. The summed E-state index contributed by atoms with van der Waals surface area (Å²) < 4.78 is 0. The third kappa shape index (κ3) is 4.44. The van der Waals surface area contributed by atoms with Crippen molar-refractivity contribution in [1.29, 1.82) is 0 Å². The number of rotatable bonds is 6. The fraction of sp³-hybridized carbons (Fsp3) is 0.200. The zero-order valence-electron chi connectivity index (χ0n) is 12.8. The summed E-state index contributed by atoms with van der Waals surface area (Å²) in [5.74, 6) is 0. The maximum absolute atomic E-state index is 3.67. The SMILES string of the molecule is C/C=C\C(=C/C)CNC(c1ccccc1)c1ccccc1. The highest BCUT2D eigenvalue weighted by atomic mass is 14.9. The Morgan fingerprint density at radius 1 is 0.905 bits per heavy atom. The van der Waals surface area contributed by atoms with Gasteiger partial charge < -0.3 is 5.32 Å². The van der Waals surface area contributed by atoms with Gasteiger partial charge in [-0.2, -0.15) is 0 Å². The number of benzene rings is 2. The average molecular weight is 277 g/mol. The zero-order valence-corrected chi connectivity index (χ0v) is 12.8. The zero-order chi connectivity index (χ0) is 14.9. The second kappa shape index (κ2) is 8.23. The molecule has 0 aliphatic carbocycles. The van der Waals surface area contributed by atoms with Gasteiger partial charge in [-0.25, -0.2) is 0 Å². The Kier molecular flexibility index (Phi) is 5.99. The topological polar surface area (TPSA) is 12.0 Å². The van der Waals surface area contributed by atoms with E-state index in [9.17, 15) is 0 Å². The Balaban J connectivity index is 2.21. The normalized spacial score (nSPS) is 12.2. The standard InChI is InChI=1S/C20H23N/c1-3-11-17(4-2)16-21-20(18-12-7-5-8-13-18)19-14-9-6-10-15-19/h3-15,20-21H,16H2,1-2H3/b11-3-,17-4+. The Labute approximate surface area is 128 Å². The second-order valence-electron chi connectivity index (χ2n) is 5.00. The first kappa shape index (κ1) is 15.3. The first-order chi connectivity index (χ1) is 10.3. The van der Waals surface area contributed by atoms with Gasteiger partial charge in [0.15, 0.2) is 0 Å². The van der Waals surface area contributed by atoms with Crippen LogP contribution in [0, 0.1) is 0 Å². The lowest BCUT2D eigenvalue weighted by atomic mass is 9.98. The molecule has 21 heavy (non-hydrogen) atoms. The summed E-state index contributed by atoms with van der Waals surface area (Å²) in [6, 6.07) is 21.4. The van der Waals surface area contributed by atoms with Crippen LogP contribution in [-0.4, -0.2) is 6.54 Å². The van der Waals surface area contributed by atoms with E-state index in [0.717, 1.165) is 6.54 Å². The number of hydrogen-bond acceptors (Lipinski definition) is 1. The van der Waals surface area contributed by atoms with Gasteiger partial charge in [-0.15, -0.1) is 0 Å². The lowest BCUT2D eigenvalue weighted by Crippen LogP contribution is -2.24. The van der Waals surface area contributed by atoms with Gasteiger partial charge in [0.1, 0.15) is 0 Å². The number of allylic oxidation sites excluding steroid dienone is 2. The van der Waals surface area contributed by atoms with Crippen molar-refractivity contribution in [2.24, 2.45) is 0 Å². The summed E-state index contributed by atoms with van der Waals surface area (Å²) in [6.07, 6.45) is 6.39. The molecule has 0 aliphatic heterocycles. The maximum Gasteiger partial charge on any atom is 0.0579 e. The van der Waals surface area contributed by atoms with E-state index in [2.05, 4.69) is 98.1 Å². The summed E-state index contributed by atoms with van der Waals surface area (Å²) in [5, 5.41) is 3.67. The minimum atomic E-state index is 0.215. The van der Waals surface area contributed by atoms with Crippen LogP contribution in [0.4, 0.5) is 0 Å². The largest absolute Gasteiger partial charge is 0.302 e. The molecular formula is C20H23N. The van der Waals surface area contributed by atoms with Gasteiger partial charge in [0.25, 0.3) is 0 Å². The van der Waals surface area contributed by atoms with Crippen molar-refractivity contribution in [2.45, 2.75) is 19.9 Å². The monoisotopic (exact) mass is 277 g/mol. The Morgan fingerprint density at radius 3 is 1.86 bits per heavy atom. The van der Waals surface area contributed by atoms with Crippen molar-refractivity contribution in [3.05, 3.63) is 95.6 Å². The molecule has 0 bridgehead atoms. The van der Waals surface area contributed by atoms with E-state index in [4.69, 9.17) is 0 Å². The Morgan fingerprint density at radius 2 is 1.43 bits per heavy atom. The molecule has 1 heteroatoms. The molecule has 0 aromatic heterocycles. The van der Waals surface area contributed by atoms with Gasteiger partial charge in [0, 0.05) is 6.54 Å². The van der Waals surface area contributed by atoms with Crippen LogP contribution in [0.2, 0.25) is 0 Å². The molecule has 0 saturated heterocycles. The highest BCUT2D eigenvalue weighted by molar-refractivity contribution is 5.32. The quantitative estimate of drug-likeness (QED) is 0.741. The van der Waals surface area contributed by atoms with Crippen molar-refractivity contribution in [3.8, 4) is 0 Å². The summed E-state index contributed by atoms with van der Waals surface area (Å²) in [5.41, 5.74) is 3.88. The molecule has 1 N–H and O–H groups in total.